The molecule has 0 unspecified atom stereocenters. The van der Waals surface area contributed by atoms with Gasteiger partial charge in [-0.05, 0) is 31.4 Å². The maximum atomic E-state index is 11.8. The summed E-state index contributed by atoms with van der Waals surface area (Å²) in [4.78, 5) is 15.0. The molecular formula is C17H21NO2S. The number of hydrogen-bond donors (Lipinski definition) is 0. The monoisotopic (exact) mass is 303 g/mol. The molecule has 0 bridgehead atoms. The molecule has 0 fully saturated rings. The summed E-state index contributed by atoms with van der Waals surface area (Å²) in [6.07, 6.45) is 1.92. The van der Waals surface area contributed by atoms with Crippen molar-refractivity contribution in [2.24, 2.45) is 0 Å². The SMILES string of the molecule is COC(=O)c1cc(CCc2ccc(C)cc2)sc1N(C)C. The molecule has 4 heteroatoms. The van der Waals surface area contributed by atoms with Crippen LogP contribution in [0.25, 0.3) is 0 Å². The van der Waals surface area contributed by atoms with Gasteiger partial charge in [-0.2, -0.15) is 0 Å². The predicted octanol–water partition coefficient (Wildman–Crippen LogP) is 3.69. The number of hydrogen-bond acceptors (Lipinski definition) is 4. The zero-order valence-electron chi connectivity index (χ0n) is 13.0. The molecule has 0 aliphatic heterocycles. The van der Waals surface area contributed by atoms with Gasteiger partial charge in [0.2, 0.25) is 0 Å². The van der Waals surface area contributed by atoms with Crippen LogP contribution in [0.4, 0.5) is 5.00 Å². The third kappa shape index (κ3) is 3.85. The smallest absolute Gasteiger partial charge is 0.340 e. The fourth-order valence-corrected chi connectivity index (χ4v) is 3.23. The van der Waals surface area contributed by atoms with Crippen molar-refractivity contribution < 1.29 is 9.53 Å². The maximum Gasteiger partial charge on any atom is 0.340 e. The highest BCUT2D eigenvalue weighted by atomic mass is 32.1. The number of aryl methyl sites for hydroxylation is 3. The van der Waals surface area contributed by atoms with Crippen LogP contribution in [0.1, 0.15) is 26.4 Å². The minimum absolute atomic E-state index is 0.267. The molecule has 0 radical (unpaired) electrons. The number of carbonyl (C=O) groups excluding carboxylic acids is 1. The standard InChI is InChI=1S/C17H21NO2S/c1-12-5-7-13(8-6-12)9-10-14-11-15(17(19)20-4)16(21-14)18(2)3/h5-8,11H,9-10H2,1-4H3. The Morgan fingerprint density at radius 1 is 1.19 bits per heavy atom. The second-order valence-corrected chi connectivity index (χ2v) is 6.42. The molecule has 0 spiro atoms. The van der Waals surface area contributed by atoms with E-state index in [1.165, 1.54) is 23.1 Å². The van der Waals surface area contributed by atoms with Crippen LogP contribution >= 0.6 is 11.3 Å². The summed E-state index contributed by atoms with van der Waals surface area (Å²) >= 11 is 1.66. The topological polar surface area (TPSA) is 29.5 Å². The largest absolute Gasteiger partial charge is 0.465 e. The molecule has 2 rings (SSSR count). The van der Waals surface area contributed by atoms with Gasteiger partial charge < -0.3 is 9.64 Å². The Kier molecular flexibility index (Phi) is 5.02. The van der Waals surface area contributed by atoms with E-state index in [-0.39, 0.29) is 5.97 Å². The van der Waals surface area contributed by atoms with Crippen molar-refractivity contribution >= 4 is 22.3 Å². The normalized spacial score (nSPS) is 10.5. The quantitative estimate of drug-likeness (QED) is 0.789. The number of nitrogens with zero attached hydrogens (tertiary/aromatic N) is 1. The van der Waals surface area contributed by atoms with Gasteiger partial charge in [0.25, 0.3) is 0 Å². The lowest BCUT2D eigenvalue weighted by molar-refractivity contribution is 0.0602. The predicted molar refractivity (Wildman–Crippen MR) is 88.6 cm³/mol. The fraction of sp³-hybridized carbons (Fsp3) is 0.353. The second kappa shape index (κ2) is 6.76. The number of esters is 1. The van der Waals surface area contributed by atoms with Crippen molar-refractivity contribution in [3.8, 4) is 0 Å². The van der Waals surface area contributed by atoms with Gasteiger partial charge in [-0.15, -0.1) is 11.3 Å². The molecule has 0 N–H and O–H groups in total. The van der Waals surface area contributed by atoms with Crippen LogP contribution in [-0.2, 0) is 17.6 Å². The molecule has 0 saturated heterocycles. The summed E-state index contributed by atoms with van der Waals surface area (Å²) in [6, 6.07) is 10.6. The second-order valence-electron chi connectivity index (χ2n) is 5.30. The molecule has 21 heavy (non-hydrogen) atoms. The molecule has 112 valence electrons. The van der Waals surface area contributed by atoms with E-state index in [2.05, 4.69) is 31.2 Å². The molecule has 0 saturated carbocycles. The lowest BCUT2D eigenvalue weighted by Crippen LogP contribution is -2.11. The lowest BCUT2D eigenvalue weighted by Gasteiger charge is -2.10. The molecule has 0 aliphatic carbocycles. The first-order valence-electron chi connectivity index (χ1n) is 6.95. The summed E-state index contributed by atoms with van der Waals surface area (Å²) in [5, 5.41) is 0.959. The van der Waals surface area contributed by atoms with Crippen LogP contribution in [0.15, 0.2) is 30.3 Å². The van der Waals surface area contributed by atoms with Gasteiger partial charge in [0.05, 0.1) is 12.7 Å². The number of rotatable bonds is 5. The van der Waals surface area contributed by atoms with Gasteiger partial charge in [0.1, 0.15) is 5.00 Å². The number of benzene rings is 1. The summed E-state index contributed by atoms with van der Waals surface area (Å²) in [7, 11) is 5.31. The molecule has 1 aromatic heterocycles. The van der Waals surface area contributed by atoms with Crippen molar-refractivity contribution in [2.75, 3.05) is 26.1 Å². The lowest BCUT2D eigenvalue weighted by atomic mass is 10.1. The first-order valence-corrected chi connectivity index (χ1v) is 7.77. The average molecular weight is 303 g/mol. The molecule has 0 aliphatic rings. The van der Waals surface area contributed by atoms with Crippen molar-refractivity contribution in [1.82, 2.24) is 0 Å². The number of methoxy groups -OCH3 is 1. The first-order chi connectivity index (χ1) is 10.0. The summed E-state index contributed by atoms with van der Waals surface area (Å²) in [5.74, 6) is -0.267. The van der Waals surface area contributed by atoms with E-state index in [1.807, 2.05) is 25.1 Å². The minimum Gasteiger partial charge on any atom is -0.465 e. The Balaban J connectivity index is 2.13. The van der Waals surface area contributed by atoms with E-state index >= 15 is 0 Å². The zero-order chi connectivity index (χ0) is 15.4. The maximum absolute atomic E-state index is 11.8. The number of thiophene rings is 1. The van der Waals surface area contributed by atoms with Gasteiger partial charge in [0.15, 0.2) is 0 Å². The summed E-state index contributed by atoms with van der Waals surface area (Å²) < 4.78 is 4.86. The van der Waals surface area contributed by atoms with Gasteiger partial charge >= 0.3 is 5.97 Å². The molecule has 0 atom stereocenters. The number of carbonyl (C=O) groups is 1. The number of anilines is 1. The van der Waals surface area contributed by atoms with Crippen molar-refractivity contribution in [1.29, 1.82) is 0 Å². The molecular weight excluding hydrogens is 282 g/mol. The van der Waals surface area contributed by atoms with Gasteiger partial charge in [-0.1, -0.05) is 29.8 Å². The molecule has 3 nitrogen and oxygen atoms in total. The third-order valence-electron chi connectivity index (χ3n) is 3.36. The van der Waals surface area contributed by atoms with Crippen LogP contribution in [0.2, 0.25) is 0 Å². The van der Waals surface area contributed by atoms with E-state index in [4.69, 9.17) is 4.74 Å². The molecule has 0 amide bonds. The van der Waals surface area contributed by atoms with E-state index in [0.717, 1.165) is 17.8 Å². The highest BCUT2D eigenvalue weighted by molar-refractivity contribution is 7.16. The van der Waals surface area contributed by atoms with E-state index in [9.17, 15) is 4.79 Å². The van der Waals surface area contributed by atoms with E-state index in [1.54, 1.807) is 11.3 Å². The van der Waals surface area contributed by atoms with E-state index < -0.39 is 0 Å². The van der Waals surface area contributed by atoms with Crippen LogP contribution < -0.4 is 4.90 Å². The van der Waals surface area contributed by atoms with Crippen molar-refractivity contribution in [3.63, 3.8) is 0 Å². The Bertz CT molecular complexity index is 614. The number of ether oxygens (including phenoxy) is 1. The van der Waals surface area contributed by atoms with Gasteiger partial charge in [-0.25, -0.2) is 4.79 Å². The summed E-state index contributed by atoms with van der Waals surface area (Å²) in [6.45, 7) is 2.09. The minimum atomic E-state index is -0.267. The first kappa shape index (κ1) is 15.6. The molecule has 2 aromatic rings. The Morgan fingerprint density at radius 3 is 2.43 bits per heavy atom. The van der Waals surface area contributed by atoms with Gasteiger partial charge in [0, 0.05) is 19.0 Å². The van der Waals surface area contributed by atoms with Crippen LogP contribution in [0.3, 0.4) is 0 Å². The van der Waals surface area contributed by atoms with Crippen LogP contribution in [0, 0.1) is 6.92 Å². The Hall–Kier alpha value is -1.81. The van der Waals surface area contributed by atoms with Crippen molar-refractivity contribution in [2.45, 2.75) is 19.8 Å². The van der Waals surface area contributed by atoms with Crippen LogP contribution in [0.5, 0.6) is 0 Å². The van der Waals surface area contributed by atoms with Crippen molar-refractivity contribution in [3.05, 3.63) is 51.9 Å². The Labute approximate surface area is 130 Å². The van der Waals surface area contributed by atoms with E-state index in [0.29, 0.717) is 5.56 Å². The average Bonchev–Trinajstić information content (AvgIpc) is 2.90. The van der Waals surface area contributed by atoms with Gasteiger partial charge in [-0.3, -0.25) is 0 Å². The Morgan fingerprint density at radius 2 is 1.86 bits per heavy atom. The third-order valence-corrected chi connectivity index (χ3v) is 4.72. The molecule has 1 aromatic carbocycles. The summed E-state index contributed by atoms with van der Waals surface area (Å²) in [5.41, 5.74) is 3.25. The highest BCUT2D eigenvalue weighted by Gasteiger charge is 2.17. The molecule has 1 heterocycles. The highest BCUT2D eigenvalue weighted by Crippen LogP contribution is 2.31. The zero-order valence-corrected chi connectivity index (χ0v) is 13.8. The van der Waals surface area contributed by atoms with Crippen LogP contribution in [-0.4, -0.2) is 27.2 Å². The fourth-order valence-electron chi connectivity index (χ4n) is 2.17.